The van der Waals surface area contributed by atoms with Crippen molar-refractivity contribution in [3.63, 3.8) is 0 Å². The van der Waals surface area contributed by atoms with E-state index in [2.05, 4.69) is 4.72 Å². The maximum atomic E-state index is 12.8. The molecule has 7 heteroatoms. The van der Waals surface area contributed by atoms with E-state index in [1.54, 1.807) is 13.1 Å². The van der Waals surface area contributed by atoms with Crippen molar-refractivity contribution in [2.45, 2.75) is 30.2 Å². The van der Waals surface area contributed by atoms with Crippen LogP contribution in [0.1, 0.15) is 30.0 Å². The third-order valence-corrected chi connectivity index (χ3v) is 6.21. The fourth-order valence-electron chi connectivity index (χ4n) is 3.41. The number of nitrogens with zero attached hydrogens (tertiary/aromatic N) is 1. The molecule has 1 aromatic heterocycles. The minimum Gasteiger partial charge on any atom is -0.408 e. The van der Waals surface area contributed by atoms with Crippen LogP contribution in [0.5, 0.6) is 0 Å². The van der Waals surface area contributed by atoms with Crippen molar-refractivity contribution in [2.75, 3.05) is 0 Å². The Balaban J connectivity index is 1.70. The molecule has 2 aromatic carbocycles. The topological polar surface area (TPSA) is 81.3 Å². The number of rotatable bonds is 3. The van der Waals surface area contributed by atoms with Crippen molar-refractivity contribution >= 4 is 21.1 Å². The number of fused-ring (bicyclic) bond motifs is 2. The number of oxazole rings is 1. The zero-order valence-electron chi connectivity index (χ0n) is 13.7. The molecule has 0 amide bonds. The predicted molar refractivity (Wildman–Crippen MR) is 93.9 cm³/mol. The van der Waals surface area contributed by atoms with Gasteiger partial charge in [0, 0.05) is 19.2 Å². The highest BCUT2D eigenvalue weighted by Crippen LogP contribution is 2.31. The Morgan fingerprint density at radius 1 is 1.20 bits per heavy atom. The van der Waals surface area contributed by atoms with Gasteiger partial charge in [0.2, 0.25) is 10.0 Å². The summed E-state index contributed by atoms with van der Waals surface area (Å²) in [5, 5.41) is 0. The fourth-order valence-corrected chi connectivity index (χ4v) is 4.68. The lowest BCUT2D eigenvalue weighted by Crippen LogP contribution is -2.31. The van der Waals surface area contributed by atoms with E-state index in [1.165, 1.54) is 22.3 Å². The van der Waals surface area contributed by atoms with Gasteiger partial charge in [-0.25, -0.2) is 17.9 Å². The van der Waals surface area contributed by atoms with Gasteiger partial charge in [-0.3, -0.25) is 4.57 Å². The average molecular weight is 358 g/mol. The van der Waals surface area contributed by atoms with E-state index in [0.29, 0.717) is 5.52 Å². The molecule has 1 aliphatic rings. The quantitative estimate of drug-likeness (QED) is 0.780. The van der Waals surface area contributed by atoms with Crippen molar-refractivity contribution in [3.05, 3.63) is 64.1 Å². The number of hydrogen-bond acceptors (Lipinski definition) is 4. The summed E-state index contributed by atoms with van der Waals surface area (Å²) >= 11 is 0. The van der Waals surface area contributed by atoms with E-state index in [-0.39, 0.29) is 16.5 Å². The molecule has 1 atom stereocenters. The van der Waals surface area contributed by atoms with E-state index in [1.807, 2.05) is 24.3 Å². The third kappa shape index (κ3) is 2.79. The summed E-state index contributed by atoms with van der Waals surface area (Å²) in [5.41, 5.74) is 3.04. The van der Waals surface area contributed by atoms with Gasteiger partial charge < -0.3 is 4.42 Å². The third-order valence-electron chi connectivity index (χ3n) is 4.74. The molecule has 0 bridgehead atoms. The first kappa shape index (κ1) is 16.1. The molecule has 3 aromatic rings. The fraction of sp³-hybridized carbons (Fsp3) is 0.278. The van der Waals surface area contributed by atoms with Gasteiger partial charge in [0.25, 0.3) is 0 Å². The highest BCUT2D eigenvalue weighted by Gasteiger charge is 2.26. The average Bonchev–Trinajstić information content (AvgIpc) is 2.89. The van der Waals surface area contributed by atoms with Gasteiger partial charge in [-0.15, -0.1) is 0 Å². The summed E-state index contributed by atoms with van der Waals surface area (Å²) in [5.74, 6) is -0.515. The van der Waals surface area contributed by atoms with E-state index < -0.39 is 15.8 Å². The van der Waals surface area contributed by atoms with Crippen LogP contribution in [0.4, 0.5) is 0 Å². The van der Waals surface area contributed by atoms with Gasteiger partial charge in [0.1, 0.15) is 0 Å². The lowest BCUT2D eigenvalue weighted by atomic mass is 9.88. The zero-order chi connectivity index (χ0) is 17.6. The zero-order valence-corrected chi connectivity index (χ0v) is 14.5. The van der Waals surface area contributed by atoms with E-state index in [9.17, 15) is 13.2 Å². The van der Waals surface area contributed by atoms with Gasteiger partial charge in [0.15, 0.2) is 5.58 Å². The Labute approximate surface area is 145 Å². The predicted octanol–water partition coefficient (Wildman–Crippen LogP) is 2.49. The highest BCUT2D eigenvalue weighted by molar-refractivity contribution is 7.89. The number of aromatic nitrogens is 1. The molecule has 0 unspecified atom stereocenters. The molecule has 0 radical (unpaired) electrons. The first-order chi connectivity index (χ1) is 12.0. The van der Waals surface area contributed by atoms with Crippen molar-refractivity contribution < 1.29 is 12.8 Å². The molecule has 25 heavy (non-hydrogen) atoms. The number of sulfonamides is 1. The van der Waals surface area contributed by atoms with E-state index >= 15 is 0 Å². The van der Waals surface area contributed by atoms with E-state index in [4.69, 9.17) is 4.42 Å². The molecule has 4 rings (SSSR count). The molecule has 1 aliphatic carbocycles. The summed E-state index contributed by atoms with van der Waals surface area (Å²) < 4.78 is 34.9. The second kappa shape index (κ2) is 5.86. The highest BCUT2D eigenvalue weighted by atomic mass is 32.2. The Morgan fingerprint density at radius 3 is 2.84 bits per heavy atom. The minimum absolute atomic E-state index is 0.0948. The maximum Gasteiger partial charge on any atom is 0.419 e. The second-order valence-electron chi connectivity index (χ2n) is 6.32. The van der Waals surface area contributed by atoms with E-state index in [0.717, 1.165) is 24.8 Å². The summed E-state index contributed by atoms with van der Waals surface area (Å²) in [6.45, 7) is 0. The van der Waals surface area contributed by atoms with Gasteiger partial charge in [-0.05, 0) is 42.5 Å². The largest absolute Gasteiger partial charge is 0.419 e. The van der Waals surface area contributed by atoms with Crippen LogP contribution in [0.3, 0.4) is 0 Å². The molecule has 0 saturated heterocycles. The Hall–Kier alpha value is -2.38. The Kier molecular flexibility index (Phi) is 3.77. The minimum atomic E-state index is -3.72. The van der Waals surface area contributed by atoms with Gasteiger partial charge in [0.05, 0.1) is 10.4 Å². The number of aryl methyl sites for hydroxylation is 2. The maximum absolute atomic E-state index is 12.8. The molecule has 1 N–H and O–H groups in total. The molecule has 130 valence electrons. The van der Waals surface area contributed by atoms with Crippen LogP contribution in [0, 0.1) is 0 Å². The number of nitrogens with one attached hydrogen (secondary N) is 1. The molecule has 0 fully saturated rings. The van der Waals surface area contributed by atoms with Crippen molar-refractivity contribution in [1.29, 1.82) is 0 Å². The summed E-state index contributed by atoms with van der Waals surface area (Å²) in [4.78, 5) is 11.7. The number of hydrogen-bond donors (Lipinski definition) is 1. The standard InChI is InChI=1S/C18H18N2O4S/c1-20-16-10-9-13(11-17(16)24-18(20)21)25(22,23)19-15-8-4-6-12-5-2-3-7-14(12)15/h2-3,5,7,9-11,15,19H,4,6,8H2,1H3/t15-/m0/s1. The monoisotopic (exact) mass is 358 g/mol. The first-order valence-electron chi connectivity index (χ1n) is 8.15. The van der Waals surface area contributed by atoms with Crippen LogP contribution in [-0.4, -0.2) is 13.0 Å². The van der Waals surface area contributed by atoms with Gasteiger partial charge >= 0.3 is 5.76 Å². The van der Waals surface area contributed by atoms with Crippen molar-refractivity contribution in [1.82, 2.24) is 9.29 Å². The first-order valence-corrected chi connectivity index (χ1v) is 9.64. The molecule has 0 aliphatic heterocycles. The van der Waals surface area contributed by atoms with Crippen LogP contribution in [0.15, 0.2) is 56.6 Å². The second-order valence-corrected chi connectivity index (χ2v) is 8.04. The molecular weight excluding hydrogens is 340 g/mol. The van der Waals surface area contributed by atoms with Crippen LogP contribution in [-0.2, 0) is 23.5 Å². The summed E-state index contributed by atoms with van der Waals surface area (Å²) in [6, 6.07) is 12.2. The Morgan fingerprint density at radius 2 is 2.00 bits per heavy atom. The van der Waals surface area contributed by atoms with Crippen LogP contribution in [0.2, 0.25) is 0 Å². The molecule has 6 nitrogen and oxygen atoms in total. The lowest BCUT2D eigenvalue weighted by molar-refractivity contribution is 0.506. The molecular formula is C18H18N2O4S. The molecule has 0 spiro atoms. The van der Waals surface area contributed by atoms with Crippen molar-refractivity contribution in [3.8, 4) is 0 Å². The normalized spacial score (nSPS) is 17.6. The molecule has 0 saturated carbocycles. The summed E-state index contributed by atoms with van der Waals surface area (Å²) in [6.07, 6.45) is 2.67. The molecule has 1 heterocycles. The van der Waals surface area contributed by atoms with Crippen LogP contribution < -0.4 is 10.5 Å². The van der Waals surface area contributed by atoms with Crippen molar-refractivity contribution in [2.24, 2.45) is 7.05 Å². The number of benzene rings is 2. The van der Waals surface area contributed by atoms with Gasteiger partial charge in [-0.2, -0.15) is 0 Å². The van der Waals surface area contributed by atoms with Crippen LogP contribution in [0.25, 0.3) is 11.1 Å². The van der Waals surface area contributed by atoms with Crippen LogP contribution >= 0.6 is 0 Å². The summed E-state index contributed by atoms with van der Waals surface area (Å²) in [7, 11) is -2.14. The SMILES string of the molecule is Cn1c(=O)oc2cc(S(=O)(=O)N[C@H]3CCCc4ccccc43)ccc21. The Bertz CT molecular complexity index is 1110. The smallest absolute Gasteiger partial charge is 0.408 e. The van der Waals surface area contributed by atoms with Gasteiger partial charge in [-0.1, -0.05) is 24.3 Å². The lowest BCUT2D eigenvalue weighted by Gasteiger charge is -2.26.